The largest absolute Gasteiger partial charge is 0.486 e. The summed E-state index contributed by atoms with van der Waals surface area (Å²) < 4.78 is 46.1. The van der Waals surface area contributed by atoms with Crippen molar-refractivity contribution in [1.82, 2.24) is 18.6 Å². The lowest BCUT2D eigenvalue weighted by Crippen LogP contribution is -2.34. The summed E-state index contributed by atoms with van der Waals surface area (Å²) in [6.45, 7) is 3.69. The molecule has 0 saturated carbocycles. The number of hydrogen-bond acceptors (Lipinski definition) is 9. The van der Waals surface area contributed by atoms with Gasteiger partial charge in [0, 0.05) is 12.3 Å². The van der Waals surface area contributed by atoms with Crippen LogP contribution in [-0.4, -0.2) is 53.7 Å². The Bertz CT molecular complexity index is 1780. The normalized spacial score (nSPS) is 14.4. The van der Waals surface area contributed by atoms with Gasteiger partial charge in [-0.2, -0.15) is 9.29 Å². The highest BCUT2D eigenvalue weighted by atomic mass is 35.5. The van der Waals surface area contributed by atoms with E-state index in [9.17, 15) is 18.0 Å². The molecule has 1 aliphatic heterocycles. The fourth-order valence-corrected chi connectivity index (χ4v) is 6.03. The fourth-order valence-electron chi connectivity index (χ4n) is 4.38. The summed E-state index contributed by atoms with van der Waals surface area (Å²) in [6, 6.07) is 11.5. The van der Waals surface area contributed by atoms with Crippen molar-refractivity contribution in [3.8, 4) is 11.6 Å². The van der Waals surface area contributed by atoms with E-state index >= 15 is 0 Å². The molecule has 3 aromatic heterocycles. The SMILES string of the molecule is CC(C)c1cc(OCc2ccc(CN(C)C)o2)cc2c1C(=O)N(COc1nc3ccccn3c(=O)c1Cl)S2(=O)=O. The molecule has 0 bridgehead atoms. The van der Waals surface area contributed by atoms with Gasteiger partial charge in [0.05, 0.1) is 12.1 Å². The van der Waals surface area contributed by atoms with E-state index in [2.05, 4.69) is 4.98 Å². The second-order valence-electron chi connectivity index (χ2n) is 9.83. The first-order chi connectivity index (χ1) is 19.0. The molecule has 210 valence electrons. The number of pyridine rings is 1. The molecule has 0 atom stereocenters. The van der Waals surface area contributed by atoms with Gasteiger partial charge in [0.25, 0.3) is 21.5 Å². The highest BCUT2D eigenvalue weighted by molar-refractivity contribution is 7.90. The van der Waals surface area contributed by atoms with Crippen molar-refractivity contribution in [2.75, 3.05) is 20.8 Å². The van der Waals surface area contributed by atoms with Gasteiger partial charge in [0.2, 0.25) is 5.88 Å². The number of aromatic nitrogens is 2. The number of halogens is 1. The van der Waals surface area contributed by atoms with Crippen LogP contribution in [0.5, 0.6) is 11.6 Å². The monoisotopic (exact) mass is 586 g/mol. The molecule has 0 radical (unpaired) electrons. The van der Waals surface area contributed by atoms with Crippen molar-refractivity contribution in [3.05, 3.63) is 86.7 Å². The summed E-state index contributed by atoms with van der Waals surface area (Å²) in [5, 5.41) is -0.338. The number of carbonyl (C=O) groups is 1. The third kappa shape index (κ3) is 5.05. The van der Waals surface area contributed by atoms with Crippen LogP contribution >= 0.6 is 11.6 Å². The molecule has 13 heteroatoms. The van der Waals surface area contributed by atoms with Crippen molar-refractivity contribution in [3.63, 3.8) is 0 Å². The van der Waals surface area contributed by atoms with Gasteiger partial charge in [0.15, 0.2) is 11.8 Å². The van der Waals surface area contributed by atoms with Crippen LogP contribution in [0.15, 0.2) is 62.8 Å². The molecular weight excluding hydrogens is 560 g/mol. The van der Waals surface area contributed by atoms with Crippen LogP contribution in [0, 0.1) is 0 Å². The Morgan fingerprint density at radius 2 is 1.82 bits per heavy atom. The maximum absolute atomic E-state index is 13.5. The molecule has 0 aliphatic carbocycles. The lowest BCUT2D eigenvalue weighted by molar-refractivity contribution is 0.0785. The standard InChI is InChI=1S/C27H27ClN4O7S/c1-16(2)20-11-19(37-14-18-9-8-17(39-18)13-30(3)4)12-21-23(20)26(33)32(40(21,35)36)15-38-25-24(28)27(34)31-10-6-5-7-22(31)29-25/h5-12,16H,13-15H2,1-4H3. The summed E-state index contributed by atoms with van der Waals surface area (Å²) in [5.74, 6) is 0.403. The number of amides is 1. The minimum Gasteiger partial charge on any atom is -0.486 e. The first kappa shape index (κ1) is 27.7. The average molecular weight is 587 g/mol. The van der Waals surface area contributed by atoms with Crippen molar-refractivity contribution >= 4 is 33.2 Å². The average Bonchev–Trinajstić information content (AvgIpc) is 3.42. The van der Waals surface area contributed by atoms with Crippen LogP contribution in [-0.2, 0) is 23.2 Å². The van der Waals surface area contributed by atoms with Gasteiger partial charge in [0.1, 0.15) is 34.4 Å². The van der Waals surface area contributed by atoms with Crippen molar-refractivity contribution in [2.24, 2.45) is 0 Å². The molecule has 4 heterocycles. The molecule has 5 rings (SSSR count). The fraction of sp³-hybridized carbons (Fsp3) is 0.296. The molecule has 0 fully saturated rings. The van der Waals surface area contributed by atoms with Gasteiger partial charge in [-0.25, -0.2) is 8.42 Å². The number of sulfonamides is 1. The summed E-state index contributed by atoms with van der Waals surface area (Å²) in [4.78, 5) is 31.9. The first-order valence-corrected chi connectivity index (χ1v) is 14.2. The van der Waals surface area contributed by atoms with Crippen LogP contribution in [0.2, 0.25) is 5.02 Å². The third-order valence-electron chi connectivity index (χ3n) is 6.27. The molecule has 0 saturated heterocycles. The Hall–Kier alpha value is -3.87. The third-order valence-corrected chi connectivity index (χ3v) is 8.33. The molecule has 1 aliphatic rings. The maximum atomic E-state index is 13.5. The minimum atomic E-state index is -4.31. The predicted molar refractivity (Wildman–Crippen MR) is 146 cm³/mol. The van der Waals surface area contributed by atoms with E-state index in [0.29, 0.717) is 22.2 Å². The van der Waals surface area contributed by atoms with Crippen LogP contribution in [0.4, 0.5) is 0 Å². The van der Waals surface area contributed by atoms with Crippen LogP contribution in [0.1, 0.15) is 47.2 Å². The maximum Gasteiger partial charge on any atom is 0.280 e. The summed E-state index contributed by atoms with van der Waals surface area (Å²) >= 11 is 6.15. The van der Waals surface area contributed by atoms with E-state index in [1.54, 1.807) is 30.3 Å². The highest BCUT2D eigenvalue weighted by Gasteiger charge is 2.44. The zero-order valence-corrected chi connectivity index (χ0v) is 23.8. The van der Waals surface area contributed by atoms with E-state index in [4.69, 9.17) is 25.5 Å². The number of hydrogen-bond donors (Lipinski definition) is 0. The zero-order chi connectivity index (χ0) is 28.8. The lowest BCUT2D eigenvalue weighted by Gasteiger charge is -2.16. The molecule has 1 aromatic carbocycles. The number of nitrogens with zero attached hydrogens (tertiary/aromatic N) is 4. The minimum absolute atomic E-state index is 0.0508. The number of ether oxygens (including phenoxy) is 2. The second kappa shape index (κ2) is 10.6. The Kier molecular flexibility index (Phi) is 7.34. The molecule has 1 amide bonds. The highest BCUT2D eigenvalue weighted by Crippen LogP contribution is 2.39. The van der Waals surface area contributed by atoms with E-state index in [0.717, 1.165) is 5.76 Å². The predicted octanol–water partition coefficient (Wildman–Crippen LogP) is 3.89. The van der Waals surface area contributed by atoms with E-state index in [1.165, 1.54) is 16.7 Å². The number of fused-ring (bicyclic) bond motifs is 2. The number of benzene rings is 1. The number of furan rings is 1. The van der Waals surface area contributed by atoms with Gasteiger partial charge in [-0.3, -0.25) is 14.0 Å². The first-order valence-electron chi connectivity index (χ1n) is 12.4. The number of rotatable bonds is 9. The Morgan fingerprint density at radius 3 is 2.55 bits per heavy atom. The zero-order valence-electron chi connectivity index (χ0n) is 22.3. The number of carbonyl (C=O) groups excluding carboxylic acids is 1. The van der Waals surface area contributed by atoms with Crippen LogP contribution < -0.4 is 15.0 Å². The van der Waals surface area contributed by atoms with Crippen molar-refractivity contribution < 1.29 is 27.1 Å². The van der Waals surface area contributed by atoms with E-state index < -0.39 is 28.2 Å². The van der Waals surface area contributed by atoms with Gasteiger partial charge in [-0.15, -0.1) is 0 Å². The lowest BCUT2D eigenvalue weighted by atomic mass is 9.96. The molecule has 4 aromatic rings. The van der Waals surface area contributed by atoms with Gasteiger partial charge < -0.3 is 18.8 Å². The summed E-state index contributed by atoms with van der Waals surface area (Å²) in [5.41, 5.74) is 0.224. The van der Waals surface area contributed by atoms with Crippen molar-refractivity contribution in [1.29, 1.82) is 0 Å². The van der Waals surface area contributed by atoms with Crippen LogP contribution in [0.3, 0.4) is 0 Å². The van der Waals surface area contributed by atoms with Gasteiger partial charge in [-0.05, 0) is 55.9 Å². The second-order valence-corrected chi connectivity index (χ2v) is 12.0. The molecule has 0 spiro atoms. The van der Waals surface area contributed by atoms with Crippen molar-refractivity contribution in [2.45, 2.75) is 37.8 Å². The molecule has 11 nitrogen and oxygen atoms in total. The Morgan fingerprint density at radius 1 is 1.07 bits per heavy atom. The van der Waals surface area contributed by atoms with E-state index in [1.807, 2.05) is 38.9 Å². The topological polar surface area (TPSA) is 124 Å². The van der Waals surface area contributed by atoms with Gasteiger partial charge in [-0.1, -0.05) is 31.5 Å². The Balaban J connectivity index is 1.41. The summed E-state index contributed by atoms with van der Waals surface area (Å²) in [6.07, 6.45) is 1.49. The molecule has 0 N–H and O–H groups in total. The van der Waals surface area contributed by atoms with Crippen LogP contribution in [0.25, 0.3) is 5.65 Å². The smallest absolute Gasteiger partial charge is 0.280 e. The molecular formula is C27H27ClN4O7S. The molecule has 0 unspecified atom stereocenters. The summed E-state index contributed by atoms with van der Waals surface area (Å²) in [7, 11) is -0.446. The van der Waals surface area contributed by atoms with E-state index in [-0.39, 0.29) is 45.3 Å². The molecule has 40 heavy (non-hydrogen) atoms. The quantitative estimate of drug-likeness (QED) is 0.287. The Labute approximate surface area is 235 Å². The van der Waals surface area contributed by atoms with Gasteiger partial charge >= 0.3 is 0 Å².